The summed E-state index contributed by atoms with van der Waals surface area (Å²) in [5.41, 5.74) is 0. The number of halogens is 2. The molecule has 0 aromatic carbocycles. The fourth-order valence-electron chi connectivity index (χ4n) is 1.49. The number of hydrogen-bond donors (Lipinski definition) is 0. The molecule has 1 aliphatic rings. The van der Waals surface area contributed by atoms with Gasteiger partial charge in [0.15, 0.2) is 0 Å². The maximum atomic E-state index is 12.6. The van der Waals surface area contributed by atoms with Crippen LogP contribution in [0.1, 0.15) is 19.8 Å². The molecule has 0 aliphatic carbocycles. The zero-order chi connectivity index (χ0) is 10.8. The maximum Gasteiger partial charge on any atom is 0.322 e. The number of rotatable bonds is 1. The normalized spacial score (nSPS) is 19.1. The van der Waals surface area contributed by atoms with Crippen LogP contribution in [0.3, 0.4) is 0 Å². The van der Waals surface area contributed by atoms with Crippen molar-refractivity contribution in [2.75, 3.05) is 13.1 Å². The standard InChI is InChI=1S/C9H12F2N2O/c1-9(10,11)8(14)13-4-2-7(6-12)3-5-13/h7H,2-5H2,1H3. The van der Waals surface area contributed by atoms with Crippen LogP contribution < -0.4 is 0 Å². The number of amides is 1. The minimum Gasteiger partial charge on any atom is -0.337 e. The fraction of sp³-hybridized carbons (Fsp3) is 0.778. The Kier molecular flexibility index (Phi) is 3.04. The summed E-state index contributed by atoms with van der Waals surface area (Å²) in [7, 11) is 0. The molecule has 78 valence electrons. The lowest BCUT2D eigenvalue weighted by molar-refractivity contribution is -0.156. The van der Waals surface area contributed by atoms with E-state index < -0.39 is 11.8 Å². The summed E-state index contributed by atoms with van der Waals surface area (Å²) in [5.74, 6) is -4.52. The van der Waals surface area contributed by atoms with Gasteiger partial charge in [-0.2, -0.15) is 14.0 Å². The average molecular weight is 202 g/mol. The van der Waals surface area contributed by atoms with Crippen molar-refractivity contribution in [3.05, 3.63) is 0 Å². The molecule has 5 heteroatoms. The summed E-state index contributed by atoms with van der Waals surface area (Å²) in [6.07, 6.45) is 0.997. The maximum absolute atomic E-state index is 12.6. The Morgan fingerprint density at radius 3 is 2.36 bits per heavy atom. The van der Waals surface area contributed by atoms with Gasteiger partial charge in [-0.1, -0.05) is 0 Å². The topological polar surface area (TPSA) is 44.1 Å². The molecule has 0 radical (unpaired) electrons. The van der Waals surface area contributed by atoms with E-state index in [4.69, 9.17) is 5.26 Å². The minimum absolute atomic E-state index is 0.0930. The molecule has 0 aromatic heterocycles. The molecule has 0 N–H and O–H groups in total. The predicted octanol–water partition coefficient (Wildman–Crippen LogP) is 1.40. The van der Waals surface area contributed by atoms with Crippen LogP contribution in [0, 0.1) is 17.2 Å². The largest absolute Gasteiger partial charge is 0.337 e. The second kappa shape index (κ2) is 3.91. The summed E-state index contributed by atoms with van der Waals surface area (Å²) in [4.78, 5) is 12.2. The zero-order valence-corrected chi connectivity index (χ0v) is 7.96. The highest BCUT2D eigenvalue weighted by molar-refractivity contribution is 5.83. The Morgan fingerprint density at radius 1 is 1.50 bits per heavy atom. The van der Waals surface area contributed by atoms with Crippen molar-refractivity contribution in [3.8, 4) is 6.07 Å². The van der Waals surface area contributed by atoms with Gasteiger partial charge in [0.05, 0.1) is 6.07 Å². The van der Waals surface area contributed by atoms with Gasteiger partial charge in [-0.05, 0) is 12.8 Å². The first kappa shape index (κ1) is 10.9. The summed E-state index contributed by atoms with van der Waals surface area (Å²) < 4.78 is 25.2. The van der Waals surface area contributed by atoms with Crippen LogP contribution >= 0.6 is 0 Å². The highest BCUT2D eigenvalue weighted by atomic mass is 19.3. The van der Waals surface area contributed by atoms with Crippen molar-refractivity contribution in [1.82, 2.24) is 4.90 Å². The minimum atomic E-state index is -3.29. The van der Waals surface area contributed by atoms with E-state index >= 15 is 0 Å². The molecule has 1 heterocycles. The predicted molar refractivity (Wildman–Crippen MR) is 45.5 cm³/mol. The Hall–Kier alpha value is -1.18. The lowest BCUT2D eigenvalue weighted by Crippen LogP contribution is -2.45. The molecule has 0 aromatic rings. The highest BCUT2D eigenvalue weighted by Gasteiger charge is 2.37. The molecule has 3 nitrogen and oxygen atoms in total. The van der Waals surface area contributed by atoms with E-state index in [9.17, 15) is 13.6 Å². The zero-order valence-electron chi connectivity index (χ0n) is 7.96. The summed E-state index contributed by atoms with van der Waals surface area (Å²) in [6, 6.07) is 2.08. The molecule has 1 aliphatic heterocycles. The van der Waals surface area contributed by atoms with Gasteiger partial charge in [0.2, 0.25) is 0 Å². The van der Waals surface area contributed by atoms with Crippen LogP contribution in [0.25, 0.3) is 0 Å². The van der Waals surface area contributed by atoms with E-state index in [0.29, 0.717) is 19.8 Å². The molecular weight excluding hydrogens is 190 g/mol. The molecule has 0 bridgehead atoms. The molecule has 0 atom stereocenters. The van der Waals surface area contributed by atoms with Crippen molar-refractivity contribution < 1.29 is 13.6 Å². The summed E-state index contributed by atoms with van der Waals surface area (Å²) >= 11 is 0. The Labute approximate surface area is 81.3 Å². The third kappa shape index (κ3) is 2.41. The van der Waals surface area contributed by atoms with E-state index in [0.717, 1.165) is 4.90 Å². The van der Waals surface area contributed by atoms with Crippen molar-refractivity contribution in [2.24, 2.45) is 5.92 Å². The van der Waals surface area contributed by atoms with Gasteiger partial charge in [-0.15, -0.1) is 0 Å². The van der Waals surface area contributed by atoms with E-state index in [2.05, 4.69) is 6.07 Å². The first-order valence-electron chi connectivity index (χ1n) is 4.52. The number of nitriles is 1. The SMILES string of the molecule is CC(F)(F)C(=O)N1CCC(C#N)CC1. The van der Waals surface area contributed by atoms with Crippen LogP contribution in [0.4, 0.5) is 8.78 Å². The monoisotopic (exact) mass is 202 g/mol. The Bertz CT molecular complexity index is 259. The van der Waals surface area contributed by atoms with Crippen LogP contribution in [0.2, 0.25) is 0 Å². The van der Waals surface area contributed by atoms with Crippen molar-refractivity contribution >= 4 is 5.91 Å². The molecule has 0 unspecified atom stereocenters. The van der Waals surface area contributed by atoms with Crippen molar-refractivity contribution in [3.63, 3.8) is 0 Å². The number of hydrogen-bond acceptors (Lipinski definition) is 2. The Morgan fingerprint density at radius 2 is 2.00 bits per heavy atom. The smallest absolute Gasteiger partial charge is 0.322 e. The number of piperidine rings is 1. The molecule has 14 heavy (non-hydrogen) atoms. The van der Waals surface area contributed by atoms with Gasteiger partial charge >= 0.3 is 5.92 Å². The summed E-state index contributed by atoms with van der Waals surface area (Å²) in [6.45, 7) is 1.13. The van der Waals surface area contributed by atoms with Crippen LogP contribution in [-0.4, -0.2) is 29.8 Å². The van der Waals surface area contributed by atoms with E-state index in [1.54, 1.807) is 0 Å². The molecule has 1 rings (SSSR count). The third-order valence-electron chi connectivity index (χ3n) is 2.34. The molecule has 1 saturated heterocycles. The van der Waals surface area contributed by atoms with Crippen molar-refractivity contribution in [1.29, 1.82) is 5.26 Å². The average Bonchev–Trinajstić information content (AvgIpc) is 2.15. The van der Waals surface area contributed by atoms with E-state index in [-0.39, 0.29) is 19.0 Å². The number of nitrogens with zero attached hydrogens (tertiary/aromatic N) is 2. The van der Waals surface area contributed by atoms with E-state index in [1.165, 1.54) is 0 Å². The first-order chi connectivity index (χ1) is 6.45. The van der Waals surface area contributed by atoms with Gasteiger partial charge in [-0.25, -0.2) is 0 Å². The summed E-state index contributed by atoms with van der Waals surface area (Å²) in [5, 5.41) is 8.57. The van der Waals surface area contributed by atoms with E-state index in [1.807, 2.05) is 0 Å². The Balaban J connectivity index is 2.51. The number of carbonyl (C=O) groups excluding carboxylic acids is 1. The van der Waals surface area contributed by atoms with Gasteiger partial charge in [0, 0.05) is 25.9 Å². The molecule has 1 fully saturated rings. The van der Waals surface area contributed by atoms with Gasteiger partial charge < -0.3 is 4.90 Å². The number of alkyl halides is 2. The number of likely N-dealkylation sites (tertiary alicyclic amines) is 1. The van der Waals surface area contributed by atoms with Crippen molar-refractivity contribution in [2.45, 2.75) is 25.7 Å². The van der Waals surface area contributed by atoms with Crippen LogP contribution in [0.5, 0.6) is 0 Å². The third-order valence-corrected chi connectivity index (χ3v) is 2.34. The molecular formula is C9H12F2N2O. The quantitative estimate of drug-likeness (QED) is 0.645. The lowest BCUT2D eigenvalue weighted by atomic mass is 9.98. The van der Waals surface area contributed by atoms with Gasteiger partial charge in [0.1, 0.15) is 0 Å². The first-order valence-corrected chi connectivity index (χ1v) is 4.52. The highest BCUT2D eigenvalue weighted by Crippen LogP contribution is 2.21. The van der Waals surface area contributed by atoms with Gasteiger partial charge in [-0.3, -0.25) is 4.79 Å². The lowest BCUT2D eigenvalue weighted by Gasteiger charge is -2.30. The molecule has 0 spiro atoms. The van der Waals surface area contributed by atoms with Gasteiger partial charge in [0.25, 0.3) is 5.91 Å². The number of carbonyl (C=O) groups is 1. The second-order valence-corrected chi connectivity index (χ2v) is 3.58. The molecule has 1 amide bonds. The fourth-order valence-corrected chi connectivity index (χ4v) is 1.49. The second-order valence-electron chi connectivity index (χ2n) is 3.58. The molecule has 0 saturated carbocycles. The van der Waals surface area contributed by atoms with Crippen LogP contribution in [-0.2, 0) is 4.79 Å². The van der Waals surface area contributed by atoms with Crippen LogP contribution in [0.15, 0.2) is 0 Å².